The van der Waals surface area contributed by atoms with Gasteiger partial charge in [-0.05, 0) is 56.9 Å². The molecular formula is C19H25ClN4O2. The number of carbonyl (C=O) groups is 1. The van der Waals surface area contributed by atoms with Crippen LogP contribution in [0, 0.1) is 19.8 Å². The summed E-state index contributed by atoms with van der Waals surface area (Å²) in [7, 11) is 1.57. The van der Waals surface area contributed by atoms with Crippen LogP contribution in [0.5, 0.6) is 5.75 Å². The Kier molecular flexibility index (Phi) is 5.71. The number of nitrogens with one attached hydrogen (secondary N) is 1. The molecule has 6 nitrogen and oxygen atoms in total. The Morgan fingerprint density at radius 3 is 2.65 bits per heavy atom. The van der Waals surface area contributed by atoms with E-state index in [1.54, 1.807) is 25.3 Å². The van der Waals surface area contributed by atoms with Crippen molar-refractivity contribution in [3.05, 3.63) is 40.7 Å². The van der Waals surface area contributed by atoms with E-state index >= 15 is 0 Å². The lowest BCUT2D eigenvalue weighted by Crippen LogP contribution is -2.41. The zero-order chi connectivity index (χ0) is 18.7. The van der Waals surface area contributed by atoms with Gasteiger partial charge in [-0.2, -0.15) is 5.10 Å². The molecule has 1 aromatic heterocycles. The molecule has 1 aromatic carbocycles. The van der Waals surface area contributed by atoms with Crippen LogP contribution in [0.3, 0.4) is 0 Å². The van der Waals surface area contributed by atoms with Crippen molar-refractivity contribution in [1.82, 2.24) is 14.7 Å². The number of aromatic nitrogens is 2. The Labute approximate surface area is 159 Å². The first-order valence-corrected chi connectivity index (χ1v) is 9.24. The Balaban J connectivity index is 1.55. The third-order valence-electron chi connectivity index (χ3n) is 4.84. The summed E-state index contributed by atoms with van der Waals surface area (Å²) in [6, 6.07) is 7.17. The number of aryl methyl sites for hydroxylation is 2. The number of nitrogens with zero attached hydrogens (tertiary/aromatic N) is 3. The van der Waals surface area contributed by atoms with Crippen LogP contribution in [0.1, 0.15) is 24.2 Å². The van der Waals surface area contributed by atoms with Gasteiger partial charge in [0.2, 0.25) is 0 Å². The third kappa shape index (κ3) is 4.30. The molecule has 0 aliphatic carbocycles. The van der Waals surface area contributed by atoms with Crippen LogP contribution in [0.4, 0.5) is 10.5 Å². The number of carbonyl (C=O) groups excluding carboxylic acids is 1. The number of benzene rings is 1. The van der Waals surface area contributed by atoms with E-state index < -0.39 is 0 Å². The van der Waals surface area contributed by atoms with Crippen LogP contribution < -0.4 is 10.1 Å². The van der Waals surface area contributed by atoms with Gasteiger partial charge in [0.25, 0.3) is 0 Å². The fraction of sp³-hybridized carbons (Fsp3) is 0.474. The van der Waals surface area contributed by atoms with Crippen molar-refractivity contribution < 1.29 is 9.53 Å². The van der Waals surface area contributed by atoms with E-state index in [2.05, 4.69) is 28.1 Å². The Hall–Kier alpha value is -2.21. The van der Waals surface area contributed by atoms with Crippen molar-refractivity contribution in [3.8, 4) is 5.75 Å². The molecule has 1 fully saturated rings. The average Bonchev–Trinajstić information content (AvgIpc) is 2.93. The SMILES string of the molecule is COc1ccc(Cl)cc1NC(=O)N1CCC(Cn2nc(C)cc2C)CC1. The maximum absolute atomic E-state index is 12.6. The zero-order valence-electron chi connectivity index (χ0n) is 15.5. The van der Waals surface area contributed by atoms with Crippen LogP contribution in [-0.4, -0.2) is 40.9 Å². The monoisotopic (exact) mass is 376 g/mol. The first kappa shape index (κ1) is 18.6. The predicted molar refractivity (Wildman–Crippen MR) is 103 cm³/mol. The van der Waals surface area contributed by atoms with Crippen LogP contribution in [0.25, 0.3) is 0 Å². The van der Waals surface area contributed by atoms with E-state index in [9.17, 15) is 4.79 Å². The number of piperidine rings is 1. The van der Waals surface area contributed by atoms with Crippen molar-refractivity contribution >= 4 is 23.3 Å². The highest BCUT2D eigenvalue weighted by atomic mass is 35.5. The quantitative estimate of drug-likeness (QED) is 0.873. The van der Waals surface area contributed by atoms with Crippen molar-refractivity contribution in [2.45, 2.75) is 33.2 Å². The zero-order valence-corrected chi connectivity index (χ0v) is 16.2. The molecule has 7 heteroatoms. The number of methoxy groups -OCH3 is 1. The number of amides is 2. The summed E-state index contributed by atoms with van der Waals surface area (Å²) in [5.74, 6) is 1.14. The topological polar surface area (TPSA) is 59.4 Å². The second kappa shape index (κ2) is 7.99. The van der Waals surface area contributed by atoms with Gasteiger partial charge >= 0.3 is 6.03 Å². The van der Waals surface area contributed by atoms with Gasteiger partial charge in [-0.3, -0.25) is 4.68 Å². The predicted octanol–water partition coefficient (Wildman–Crippen LogP) is 4.11. The molecule has 2 heterocycles. The first-order chi connectivity index (χ1) is 12.5. The molecule has 0 saturated carbocycles. The molecular weight excluding hydrogens is 352 g/mol. The van der Waals surface area contributed by atoms with E-state index in [0.717, 1.165) is 38.2 Å². The Morgan fingerprint density at radius 1 is 1.31 bits per heavy atom. The molecule has 3 rings (SSSR count). The second-order valence-corrected chi connectivity index (χ2v) is 7.25. The lowest BCUT2D eigenvalue weighted by atomic mass is 9.97. The molecule has 1 aliphatic rings. The minimum atomic E-state index is -0.116. The van der Waals surface area contributed by atoms with Gasteiger partial charge in [0.15, 0.2) is 0 Å². The molecule has 1 saturated heterocycles. The Bertz CT molecular complexity index is 782. The lowest BCUT2D eigenvalue weighted by molar-refractivity contribution is 0.175. The number of hydrogen-bond donors (Lipinski definition) is 1. The molecule has 1 N–H and O–H groups in total. The van der Waals surface area contributed by atoms with Gasteiger partial charge in [-0.1, -0.05) is 11.6 Å². The standard InChI is InChI=1S/C19H25ClN4O2/c1-13-10-14(2)24(22-13)12-15-6-8-23(9-7-15)19(25)21-17-11-16(20)4-5-18(17)26-3/h4-5,10-11,15H,6-9,12H2,1-3H3,(H,21,25). The summed E-state index contributed by atoms with van der Waals surface area (Å²) in [5, 5.41) is 8.01. The number of rotatable bonds is 4. The normalized spacial score (nSPS) is 15.2. The summed E-state index contributed by atoms with van der Waals surface area (Å²) in [6.45, 7) is 6.48. The fourth-order valence-corrected chi connectivity index (χ4v) is 3.57. The van der Waals surface area contributed by atoms with Crippen LogP contribution in [0.15, 0.2) is 24.3 Å². The summed E-state index contributed by atoms with van der Waals surface area (Å²) in [5.41, 5.74) is 2.83. The summed E-state index contributed by atoms with van der Waals surface area (Å²) in [6.07, 6.45) is 1.94. The lowest BCUT2D eigenvalue weighted by Gasteiger charge is -2.32. The number of ether oxygens (including phenoxy) is 1. The molecule has 0 unspecified atom stereocenters. The highest BCUT2D eigenvalue weighted by molar-refractivity contribution is 6.31. The number of likely N-dealkylation sites (tertiary alicyclic amines) is 1. The van der Waals surface area contributed by atoms with Crippen molar-refractivity contribution in [2.75, 3.05) is 25.5 Å². The second-order valence-electron chi connectivity index (χ2n) is 6.81. The molecule has 2 amide bonds. The number of urea groups is 1. The number of halogens is 1. The maximum Gasteiger partial charge on any atom is 0.321 e. The molecule has 0 spiro atoms. The van der Waals surface area contributed by atoms with Gasteiger partial charge in [0.05, 0.1) is 18.5 Å². The highest BCUT2D eigenvalue weighted by Crippen LogP contribution is 2.28. The minimum Gasteiger partial charge on any atom is -0.495 e. The van der Waals surface area contributed by atoms with Gasteiger partial charge in [0.1, 0.15) is 5.75 Å². The summed E-state index contributed by atoms with van der Waals surface area (Å²) >= 11 is 6.02. The fourth-order valence-electron chi connectivity index (χ4n) is 3.40. The number of anilines is 1. The minimum absolute atomic E-state index is 0.116. The molecule has 140 valence electrons. The van der Waals surface area contributed by atoms with Crippen LogP contribution >= 0.6 is 11.6 Å². The van der Waals surface area contributed by atoms with Gasteiger partial charge in [0, 0.05) is 30.4 Å². The van der Waals surface area contributed by atoms with Crippen LogP contribution in [-0.2, 0) is 6.54 Å². The number of hydrogen-bond acceptors (Lipinski definition) is 3. The third-order valence-corrected chi connectivity index (χ3v) is 5.07. The largest absolute Gasteiger partial charge is 0.495 e. The molecule has 0 radical (unpaired) electrons. The molecule has 0 atom stereocenters. The molecule has 2 aromatic rings. The summed E-state index contributed by atoms with van der Waals surface area (Å²) in [4.78, 5) is 14.4. The van der Waals surface area contributed by atoms with Crippen molar-refractivity contribution in [1.29, 1.82) is 0 Å². The van der Waals surface area contributed by atoms with E-state index in [1.807, 2.05) is 11.8 Å². The van der Waals surface area contributed by atoms with Crippen molar-refractivity contribution in [2.24, 2.45) is 5.92 Å². The van der Waals surface area contributed by atoms with E-state index in [-0.39, 0.29) is 6.03 Å². The highest BCUT2D eigenvalue weighted by Gasteiger charge is 2.24. The first-order valence-electron chi connectivity index (χ1n) is 8.87. The molecule has 1 aliphatic heterocycles. The molecule has 26 heavy (non-hydrogen) atoms. The van der Waals surface area contributed by atoms with E-state index in [0.29, 0.717) is 22.4 Å². The maximum atomic E-state index is 12.6. The van der Waals surface area contributed by atoms with E-state index in [4.69, 9.17) is 16.3 Å². The van der Waals surface area contributed by atoms with Gasteiger partial charge in [-0.25, -0.2) is 4.79 Å². The smallest absolute Gasteiger partial charge is 0.321 e. The van der Waals surface area contributed by atoms with E-state index in [1.165, 1.54) is 5.69 Å². The summed E-state index contributed by atoms with van der Waals surface area (Å²) < 4.78 is 7.36. The van der Waals surface area contributed by atoms with Crippen molar-refractivity contribution in [3.63, 3.8) is 0 Å². The van der Waals surface area contributed by atoms with Gasteiger partial charge < -0.3 is 15.0 Å². The van der Waals surface area contributed by atoms with Gasteiger partial charge in [-0.15, -0.1) is 0 Å². The average molecular weight is 377 g/mol. The Morgan fingerprint density at radius 2 is 2.04 bits per heavy atom. The van der Waals surface area contributed by atoms with Crippen LogP contribution in [0.2, 0.25) is 5.02 Å². The molecule has 0 bridgehead atoms.